The first-order valence-electron chi connectivity index (χ1n) is 9.75. The molecule has 1 aliphatic heterocycles. The van der Waals surface area contributed by atoms with Crippen LogP contribution in [0, 0.1) is 5.92 Å². The number of hydrogen-bond acceptors (Lipinski definition) is 4. The van der Waals surface area contributed by atoms with Crippen molar-refractivity contribution in [1.29, 1.82) is 0 Å². The maximum atomic E-state index is 12.3. The van der Waals surface area contributed by atoms with Gasteiger partial charge in [0.1, 0.15) is 6.10 Å². The SMILES string of the molecule is CC(OCC1CCCO1)C(=O)NCC(Cc1cccc2ccccc12)C(=O)O. The molecule has 1 saturated heterocycles. The summed E-state index contributed by atoms with van der Waals surface area (Å²) in [6, 6.07) is 13.8. The van der Waals surface area contributed by atoms with Crippen LogP contribution in [0.2, 0.25) is 0 Å². The fourth-order valence-electron chi connectivity index (χ4n) is 3.45. The lowest BCUT2D eigenvalue weighted by molar-refractivity contribution is -0.142. The largest absolute Gasteiger partial charge is 0.481 e. The Labute approximate surface area is 164 Å². The normalized spacial score (nSPS) is 18.7. The average Bonchev–Trinajstić information content (AvgIpc) is 3.22. The van der Waals surface area contributed by atoms with E-state index < -0.39 is 18.0 Å². The number of aliphatic carboxylic acids is 1. The molecule has 3 unspecified atom stereocenters. The summed E-state index contributed by atoms with van der Waals surface area (Å²) in [6.07, 6.45) is 1.72. The van der Waals surface area contributed by atoms with Gasteiger partial charge < -0.3 is 19.9 Å². The highest BCUT2D eigenvalue weighted by Crippen LogP contribution is 2.21. The fraction of sp³-hybridized carbons (Fsp3) is 0.455. The Kier molecular flexibility index (Phi) is 7.01. The minimum atomic E-state index is -0.929. The Morgan fingerprint density at radius 3 is 2.79 bits per heavy atom. The number of ether oxygens (including phenoxy) is 2. The van der Waals surface area contributed by atoms with Crippen molar-refractivity contribution in [2.45, 2.75) is 38.4 Å². The van der Waals surface area contributed by atoms with Crippen LogP contribution in [0.1, 0.15) is 25.3 Å². The van der Waals surface area contributed by atoms with Gasteiger partial charge in [0.25, 0.3) is 0 Å². The third-order valence-electron chi connectivity index (χ3n) is 5.14. The molecule has 1 aliphatic rings. The van der Waals surface area contributed by atoms with Crippen LogP contribution in [0.5, 0.6) is 0 Å². The van der Waals surface area contributed by atoms with E-state index in [9.17, 15) is 14.7 Å². The first kappa shape index (κ1) is 20.3. The van der Waals surface area contributed by atoms with Crippen molar-refractivity contribution in [1.82, 2.24) is 5.32 Å². The molecule has 3 rings (SSSR count). The van der Waals surface area contributed by atoms with Crippen LogP contribution in [0.15, 0.2) is 42.5 Å². The first-order valence-corrected chi connectivity index (χ1v) is 9.75. The number of fused-ring (bicyclic) bond motifs is 1. The highest BCUT2D eigenvalue weighted by molar-refractivity contribution is 5.86. The molecule has 0 bridgehead atoms. The van der Waals surface area contributed by atoms with Crippen LogP contribution in [-0.4, -0.2) is 48.9 Å². The van der Waals surface area contributed by atoms with Crippen molar-refractivity contribution in [2.24, 2.45) is 5.92 Å². The molecule has 0 aromatic heterocycles. The summed E-state index contributed by atoms with van der Waals surface area (Å²) in [5.74, 6) is -1.94. The second-order valence-corrected chi connectivity index (χ2v) is 7.23. The summed E-state index contributed by atoms with van der Waals surface area (Å²) in [7, 11) is 0. The molecule has 3 atom stereocenters. The van der Waals surface area contributed by atoms with Gasteiger partial charge in [0, 0.05) is 13.2 Å². The van der Waals surface area contributed by atoms with E-state index in [-0.39, 0.29) is 18.6 Å². The van der Waals surface area contributed by atoms with Gasteiger partial charge in [-0.1, -0.05) is 42.5 Å². The number of amides is 1. The molecule has 0 saturated carbocycles. The van der Waals surface area contributed by atoms with Crippen molar-refractivity contribution >= 4 is 22.6 Å². The van der Waals surface area contributed by atoms with Gasteiger partial charge in [-0.3, -0.25) is 9.59 Å². The standard InChI is InChI=1S/C22H27NO5/c1-15(28-14-19-9-5-11-27-19)21(24)23-13-18(22(25)26)12-17-8-4-7-16-6-2-3-10-20(16)17/h2-4,6-8,10,15,18-19H,5,9,11-14H2,1H3,(H,23,24)(H,25,26). The van der Waals surface area contributed by atoms with Crippen molar-refractivity contribution in [3.8, 4) is 0 Å². The smallest absolute Gasteiger partial charge is 0.308 e. The molecule has 1 fully saturated rings. The minimum Gasteiger partial charge on any atom is -0.481 e. The number of benzene rings is 2. The van der Waals surface area contributed by atoms with Crippen LogP contribution in [-0.2, 0) is 25.5 Å². The maximum Gasteiger partial charge on any atom is 0.308 e. The number of carboxylic acids is 1. The monoisotopic (exact) mass is 385 g/mol. The number of carboxylic acid groups (broad SMARTS) is 1. The van der Waals surface area contributed by atoms with Gasteiger partial charge in [-0.15, -0.1) is 0 Å². The van der Waals surface area contributed by atoms with Gasteiger partial charge in [-0.2, -0.15) is 0 Å². The lowest BCUT2D eigenvalue weighted by Crippen LogP contribution is -2.40. The summed E-state index contributed by atoms with van der Waals surface area (Å²) in [5.41, 5.74) is 0.961. The van der Waals surface area contributed by atoms with Gasteiger partial charge in [0.2, 0.25) is 5.91 Å². The van der Waals surface area contributed by atoms with Crippen LogP contribution < -0.4 is 5.32 Å². The lowest BCUT2D eigenvalue weighted by atomic mass is 9.95. The minimum absolute atomic E-state index is 0.0494. The molecule has 0 radical (unpaired) electrons. The average molecular weight is 385 g/mol. The molecule has 28 heavy (non-hydrogen) atoms. The van der Waals surface area contributed by atoms with Crippen molar-refractivity contribution in [3.63, 3.8) is 0 Å². The van der Waals surface area contributed by atoms with Gasteiger partial charge in [0.15, 0.2) is 0 Å². The summed E-state index contributed by atoms with van der Waals surface area (Å²) >= 11 is 0. The summed E-state index contributed by atoms with van der Waals surface area (Å²) in [5, 5.41) is 14.4. The molecule has 2 aromatic carbocycles. The van der Waals surface area contributed by atoms with Gasteiger partial charge in [-0.05, 0) is 42.5 Å². The lowest BCUT2D eigenvalue weighted by Gasteiger charge is -2.18. The quantitative estimate of drug-likeness (QED) is 0.693. The number of carbonyl (C=O) groups is 2. The van der Waals surface area contributed by atoms with Gasteiger partial charge in [0.05, 0.1) is 18.6 Å². The zero-order valence-corrected chi connectivity index (χ0v) is 16.1. The van der Waals surface area contributed by atoms with E-state index in [1.807, 2.05) is 42.5 Å². The predicted octanol–water partition coefficient (Wildman–Crippen LogP) is 2.78. The summed E-state index contributed by atoms with van der Waals surface area (Å²) in [4.78, 5) is 24.0. The molecule has 0 aliphatic carbocycles. The molecule has 2 N–H and O–H groups in total. The van der Waals surface area contributed by atoms with Crippen molar-refractivity contribution in [3.05, 3.63) is 48.0 Å². The number of rotatable bonds is 9. The third kappa shape index (κ3) is 5.30. The highest BCUT2D eigenvalue weighted by atomic mass is 16.5. The van der Waals surface area contributed by atoms with E-state index in [4.69, 9.17) is 9.47 Å². The molecule has 1 heterocycles. The van der Waals surface area contributed by atoms with E-state index in [1.165, 1.54) is 0 Å². The molecule has 6 nitrogen and oxygen atoms in total. The van der Waals surface area contributed by atoms with Crippen LogP contribution in [0.25, 0.3) is 10.8 Å². The van der Waals surface area contributed by atoms with Gasteiger partial charge in [-0.25, -0.2) is 0 Å². The predicted molar refractivity (Wildman–Crippen MR) is 106 cm³/mol. The van der Waals surface area contributed by atoms with E-state index in [2.05, 4.69) is 5.32 Å². The van der Waals surface area contributed by atoms with E-state index in [0.29, 0.717) is 13.0 Å². The van der Waals surface area contributed by atoms with Crippen LogP contribution in [0.3, 0.4) is 0 Å². The summed E-state index contributed by atoms with van der Waals surface area (Å²) in [6.45, 7) is 2.85. The fourth-order valence-corrected chi connectivity index (χ4v) is 3.45. The number of nitrogens with one attached hydrogen (secondary N) is 1. The molecule has 0 spiro atoms. The number of carbonyl (C=O) groups excluding carboxylic acids is 1. The topological polar surface area (TPSA) is 84.9 Å². The van der Waals surface area contributed by atoms with E-state index in [1.54, 1.807) is 6.92 Å². The van der Waals surface area contributed by atoms with Gasteiger partial charge >= 0.3 is 5.97 Å². The Morgan fingerprint density at radius 1 is 1.25 bits per heavy atom. The Balaban J connectivity index is 1.55. The molecular weight excluding hydrogens is 358 g/mol. The Morgan fingerprint density at radius 2 is 2.04 bits per heavy atom. The van der Waals surface area contributed by atoms with Crippen molar-refractivity contribution < 1.29 is 24.2 Å². The number of hydrogen-bond donors (Lipinski definition) is 2. The van der Waals surface area contributed by atoms with E-state index in [0.717, 1.165) is 35.8 Å². The summed E-state index contributed by atoms with van der Waals surface area (Å²) < 4.78 is 11.1. The zero-order chi connectivity index (χ0) is 19.9. The molecule has 6 heteroatoms. The first-order chi connectivity index (χ1) is 13.5. The molecule has 2 aromatic rings. The van der Waals surface area contributed by atoms with Crippen molar-refractivity contribution in [2.75, 3.05) is 19.8 Å². The Hall–Kier alpha value is -2.44. The molecule has 1 amide bonds. The van der Waals surface area contributed by atoms with E-state index >= 15 is 0 Å². The Bertz CT molecular complexity index is 810. The second-order valence-electron chi connectivity index (χ2n) is 7.23. The van der Waals surface area contributed by atoms with Crippen LogP contribution in [0.4, 0.5) is 0 Å². The second kappa shape index (κ2) is 9.66. The highest BCUT2D eigenvalue weighted by Gasteiger charge is 2.23. The van der Waals surface area contributed by atoms with Crippen LogP contribution >= 0.6 is 0 Å². The zero-order valence-electron chi connectivity index (χ0n) is 16.1. The maximum absolute atomic E-state index is 12.3. The molecular formula is C22H27NO5. The third-order valence-corrected chi connectivity index (χ3v) is 5.14. The molecule has 150 valence electrons.